The molecule has 2 aliphatic heterocycles. The van der Waals surface area contributed by atoms with Gasteiger partial charge in [0.2, 0.25) is 15.9 Å². The number of nitrogens with zero attached hydrogens (tertiary/aromatic N) is 2. The van der Waals surface area contributed by atoms with E-state index in [0.717, 1.165) is 45.2 Å². The molecule has 3 rings (SSSR count). The van der Waals surface area contributed by atoms with Crippen molar-refractivity contribution in [2.24, 2.45) is 5.92 Å². The quantitative estimate of drug-likeness (QED) is 0.807. The highest BCUT2D eigenvalue weighted by molar-refractivity contribution is 7.89. The smallest absolute Gasteiger partial charge is 0.243 e. The van der Waals surface area contributed by atoms with Crippen LogP contribution in [0.15, 0.2) is 35.2 Å². The molecule has 138 valence electrons. The van der Waals surface area contributed by atoms with Gasteiger partial charge in [0, 0.05) is 32.6 Å². The lowest BCUT2D eigenvalue weighted by atomic mass is 9.93. The average molecular weight is 365 g/mol. The van der Waals surface area contributed by atoms with Crippen LogP contribution in [0.25, 0.3) is 0 Å². The maximum Gasteiger partial charge on any atom is 0.243 e. The van der Waals surface area contributed by atoms with E-state index in [1.807, 2.05) is 11.0 Å². The van der Waals surface area contributed by atoms with Gasteiger partial charge < -0.3 is 4.90 Å². The van der Waals surface area contributed by atoms with Crippen LogP contribution in [0.5, 0.6) is 0 Å². The highest BCUT2D eigenvalue weighted by atomic mass is 32.2. The maximum atomic E-state index is 12.6. The average Bonchev–Trinajstić information content (AvgIpc) is 2.68. The van der Waals surface area contributed by atoms with E-state index in [-0.39, 0.29) is 5.91 Å². The van der Waals surface area contributed by atoms with Gasteiger partial charge in [-0.05, 0) is 56.6 Å². The molecule has 1 amide bonds. The van der Waals surface area contributed by atoms with Crippen LogP contribution >= 0.6 is 0 Å². The molecular weight excluding hydrogens is 336 g/mol. The van der Waals surface area contributed by atoms with Crippen molar-refractivity contribution in [3.05, 3.63) is 30.3 Å². The van der Waals surface area contributed by atoms with Gasteiger partial charge >= 0.3 is 0 Å². The summed E-state index contributed by atoms with van der Waals surface area (Å²) in [6, 6.07) is 8.64. The molecule has 0 aliphatic carbocycles. The van der Waals surface area contributed by atoms with Gasteiger partial charge in [0.25, 0.3) is 0 Å². The Hall–Kier alpha value is -1.40. The largest absolute Gasteiger partial charge is 0.343 e. The molecule has 2 aliphatic rings. The summed E-state index contributed by atoms with van der Waals surface area (Å²) in [7, 11) is -3.38. The van der Waals surface area contributed by atoms with Crippen molar-refractivity contribution in [2.45, 2.75) is 49.8 Å². The highest BCUT2D eigenvalue weighted by Crippen LogP contribution is 2.26. The van der Waals surface area contributed by atoms with Gasteiger partial charge in [-0.2, -0.15) is 4.31 Å². The Morgan fingerprint density at radius 1 is 0.960 bits per heavy atom. The summed E-state index contributed by atoms with van der Waals surface area (Å²) in [4.78, 5) is 14.6. The predicted octanol–water partition coefficient (Wildman–Crippen LogP) is 2.88. The van der Waals surface area contributed by atoms with E-state index in [1.54, 1.807) is 28.6 Å². The van der Waals surface area contributed by atoms with Crippen LogP contribution in [-0.4, -0.2) is 49.7 Å². The summed E-state index contributed by atoms with van der Waals surface area (Å²) in [5.74, 6) is 0.731. The van der Waals surface area contributed by atoms with Crippen molar-refractivity contribution in [3.63, 3.8) is 0 Å². The minimum absolute atomic E-state index is 0.277. The fourth-order valence-electron chi connectivity index (χ4n) is 3.81. The van der Waals surface area contributed by atoms with Gasteiger partial charge in [-0.3, -0.25) is 4.79 Å². The fraction of sp³-hybridized carbons (Fsp3) is 0.632. The second kappa shape index (κ2) is 8.32. The second-order valence-electron chi connectivity index (χ2n) is 7.14. The van der Waals surface area contributed by atoms with Gasteiger partial charge in [-0.25, -0.2) is 8.42 Å². The molecule has 0 saturated carbocycles. The van der Waals surface area contributed by atoms with Crippen molar-refractivity contribution in [2.75, 3.05) is 26.2 Å². The lowest BCUT2D eigenvalue weighted by Crippen LogP contribution is -2.39. The summed E-state index contributed by atoms with van der Waals surface area (Å²) in [5.41, 5.74) is 0. The van der Waals surface area contributed by atoms with Gasteiger partial charge in [0.15, 0.2) is 0 Å². The first-order chi connectivity index (χ1) is 12.1. The number of piperidine rings is 2. The lowest BCUT2D eigenvalue weighted by Gasteiger charge is -2.32. The van der Waals surface area contributed by atoms with Gasteiger partial charge in [0.05, 0.1) is 4.90 Å². The van der Waals surface area contributed by atoms with Crippen LogP contribution in [0, 0.1) is 5.92 Å². The summed E-state index contributed by atoms with van der Waals surface area (Å²) in [6.45, 7) is 2.93. The predicted molar refractivity (Wildman–Crippen MR) is 97.6 cm³/mol. The van der Waals surface area contributed by atoms with Crippen molar-refractivity contribution < 1.29 is 13.2 Å². The van der Waals surface area contributed by atoms with E-state index in [0.29, 0.717) is 30.3 Å². The second-order valence-corrected chi connectivity index (χ2v) is 9.08. The molecule has 1 aromatic carbocycles. The SMILES string of the molecule is O=C(CCC1CCN(S(=O)(=O)c2ccccc2)CC1)N1CCCCC1. The Morgan fingerprint density at radius 2 is 1.60 bits per heavy atom. The molecule has 0 bridgehead atoms. The Morgan fingerprint density at radius 3 is 2.24 bits per heavy atom. The van der Waals surface area contributed by atoms with E-state index in [1.165, 1.54) is 6.42 Å². The van der Waals surface area contributed by atoms with Crippen molar-refractivity contribution in [1.29, 1.82) is 0 Å². The number of hydrogen-bond donors (Lipinski definition) is 0. The minimum Gasteiger partial charge on any atom is -0.343 e. The Labute approximate surface area is 151 Å². The maximum absolute atomic E-state index is 12.6. The molecule has 2 fully saturated rings. The molecule has 25 heavy (non-hydrogen) atoms. The number of sulfonamides is 1. The monoisotopic (exact) mass is 364 g/mol. The third-order valence-electron chi connectivity index (χ3n) is 5.43. The molecule has 2 heterocycles. The zero-order valence-electron chi connectivity index (χ0n) is 14.8. The normalized spacial score (nSPS) is 20.6. The number of benzene rings is 1. The first-order valence-corrected chi connectivity index (χ1v) is 10.8. The third kappa shape index (κ3) is 4.61. The van der Waals surface area contributed by atoms with E-state index in [9.17, 15) is 13.2 Å². The molecule has 0 aromatic heterocycles. The summed E-state index contributed by atoms with van der Waals surface area (Å²) >= 11 is 0. The number of carbonyl (C=O) groups excluding carboxylic acids is 1. The number of carbonyl (C=O) groups is 1. The van der Waals surface area contributed by atoms with Gasteiger partial charge in [-0.1, -0.05) is 18.2 Å². The molecule has 0 radical (unpaired) electrons. The van der Waals surface area contributed by atoms with Crippen LogP contribution in [0.2, 0.25) is 0 Å². The van der Waals surface area contributed by atoms with Crippen molar-refractivity contribution in [3.8, 4) is 0 Å². The first kappa shape index (κ1) is 18.4. The zero-order valence-corrected chi connectivity index (χ0v) is 15.6. The molecule has 1 aromatic rings. The zero-order chi connectivity index (χ0) is 17.7. The van der Waals surface area contributed by atoms with Crippen LogP contribution < -0.4 is 0 Å². The van der Waals surface area contributed by atoms with Crippen LogP contribution in [0.3, 0.4) is 0 Å². The molecule has 0 unspecified atom stereocenters. The molecule has 6 heteroatoms. The molecule has 0 atom stereocenters. The van der Waals surface area contributed by atoms with E-state index < -0.39 is 10.0 Å². The van der Waals surface area contributed by atoms with Gasteiger partial charge in [-0.15, -0.1) is 0 Å². The van der Waals surface area contributed by atoms with E-state index in [4.69, 9.17) is 0 Å². The Kier molecular flexibility index (Phi) is 6.12. The number of hydrogen-bond acceptors (Lipinski definition) is 3. The van der Waals surface area contributed by atoms with E-state index in [2.05, 4.69) is 0 Å². The molecule has 5 nitrogen and oxygen atoms in total. The van der Waals surface area contributed by atoms with Crippen molar-refractivity contribution in [1.82, 2.24) is 9.21 Å². The number of likely N-dealkylation sites (tertiary alicyclic amines) is 1. The minimum atomic E-state index is -3.38. The summed E-state index contributed by atoms with van der Waals surface area (Å²) < 4.78 is 26.9. The fourth-order valence-corrected chi connectivity index (χ4v) is 5.30. The van der Waals surface area contributed by atoms with Crippen molar-refractivity contribution >= 4 is 15.9 Å². The van der Waals surface area contributed by atoms with Crippen LogP contribution in [-0.2, 0) is 14.8 Å². The standard InChI is InChI=1S/C19H28N2O3S/c22-19(20-13-5-2-6-14-20)10-9-17-11-15-21(16-12-17)25(23,24)18-7-3-1-4-8-18/h1,3-4,7-8,17H,2,5-6,9-16H2. The summed E-state index contributed by atoms with van der Waals surface area (Å²) in [6.07, 6.45) is 6.67. The summed E-state index contributed by atoms with van der Waals surface area (Å²) in [5, 5.41) is 0. The van der Waals surface area contributed by atoms with Gasteiger partial charge in [0.1, 0.15) is 0 Å². The van der Waals surface area contributed by atoms with E-state index >= 15 is 0 Å². The highest BCUT2D eigenvalue weighted by Gasteiger charge is 2.29. The number of rotatable bonds is 5. The van der Waals surface area contributed by atoms with Crippen LogP contribution in [0.4, 0.5) is 0 Å². The Bertz CT molecular complexity index is 661. The molecule has 0 N–H and O–H groups in total. The molecule has 0 spiro atoms. The topological polar surface area (TPSA) is 57.7 Å². The molecule has 2 saturated heterocycles. The molecular formula is C19H28N2O3S. The van der Waals surface area contributed by atoms with Crippen LogP contribution in [0.1, 0.15) is 44.9 Å². The number of amides is 1. The first-order valence-electron chi connectivity index (χ1n) is 9.40. The third-order valence-corrected chi connectivity index (χ3v) is 7.34. The lowest BCUT2D eigenvalue weighted by molar-refractivity contribution is -0.132. The Balaban J connectivity index is 1.46.